The maximum absolute atomic E-state index is 13.1. The molecule has 2 N–H and O–H groups in total. The lowest BCUT2D eigenvalue weighted by atomic mass is 10.1. The molecule has 1 aliphatic heterocycles. The minimum absolute atomic E-state index is 0.238. The van der Waals surface area contributed by atoms with Crippen molar-refractivity contribution >= 4 is 12.2 Å². The predicted octanol–water partition coefficient (Wildman–Crippen LogP) is 0.754. The SMILES string of the molecule is Cn1c(-c2ccc(F)cc2)nn(C[NH+]2CCC[C@H](O)C2)c1=S. The Kier molecular flexibility index (Phi) is 4.37. The zero-order valence-electron chi connectivity index (χ0n) is 12.5. The number of rotatable bonds is 3. The molecule has 0 saturated carbocycles. The Morgan fingerprint density at radius 1 is 1.41 bits per heavy atom. The van der Waals surface area contributed by atoms with Gasteiger partial charge in [-0.25, -0.2) is 4.39 Å². The number of quaternary nitrogens is 1. The number of nitrogens with one attached hydrogen (secondary N) is 1. The number of nitrogens with zero attached hydrogens (tertiary/aromatic N) is 3. The van der Waals surface area contributed by atoms with Crippen LogP contribution in [0, 0.1) is 10.6 Å². The molecule has 1 aromatic heterocycles. The van der Waals surface area contributed by atoms with Crippen LogP contribution in [0.2, 0.25) is 0 Å². The number of hydrogen-bond acceptors (Lipinski definition) is 3. The summed E-state index contributed by atoms with van der Waals surface area (Å²) < 4.78 is 17.3. The van der Waals surface area contributed by atoms with Gasteiger partial charge in [-0.3, -0.25) is 0 Å². The maximum atomic E-state index is 13.1. The van der Waals surface area contributed by atoms with Crippen LogP contribution >= 0.6 is 12.2 Å². The first-order valence-corrected chi connectivity index (χ1v) is 7.87. The molecule has 7 heteroatoms. The van der Waals surface area contributed by atoms with Crippen molar-refractivity contribution in [1.82, 2.24) is 14.3 Å². The zero-order valence-corrected chi connectivity index (χ0v) is 13.3. The Morgan fingerprint density at radius 3 is 2.82 bits per heavy atom. The normalized spacial score (nSPS) is 22.0. The molecule has 1 fully saturated rings. The van der Waals surface area contributed by atoms with Crippen LogP contribution in [0.3, 0.4) is 0 Å². The van der Waals surface area contributed by atoms with Gasteiger partial charge in [0.25, 0.3) is 0 Å². The van der Waals surface area contributed by atoms with Gasteiger partial charge in [0.2, 0.25) is 4.77 Å². The summed E-state index contributed by atoms with van der Waals surface area (Å²) in [5.41, 5.74) is 0.836. The molecule has 0 bridgehead atoms. The van der Waals surface area contributed by atoms with E-state index in [-0.39, 0.29) is 11.9 Å². The molecule has 0 spiro atoms. The fourth-order valence-corrected chi connectivity index (χ4v) is 3.11. The highest BCUT2D eigenvalue weighted by atomic mass is 32.1. The van der Waals surface area contributed by atoms with Gasteiger partial charge in [-0.15, -0.1) is 5.10 Å². The van der Waals surface area contributed by atoms with Crippen molar-refractivity contribution in [3.63, 3.8) is 0 Å². The Hall–Kier alpha value is -1.57. The lowest BCUT2D eigenvalue weighted by Gasteiger charge is -2.26. The minimum atomic E-state index is -0.267. The molecule has 2 heterocycles. The van der Waals surface area contributed by atoms with Crippen molar-refractivity contribution in [1.29, 1.82) is 0 Å². The molecule has 3 rings (SSSR count). The maximum Gasteiger partial charge on any atom is 0.202 e. The molecule has 0 radical (unpaired) electrons. The monoisotopic (exact) mass is 323 g/mol. The van der Waals surface area contributed by atoms with Crippen LogP contribution in [0.1, 0.15) is 12.8 Å². The number of aliphatic hydroxyl groups excluding tert-OH is 1. The van der Waals surface area contributed by atoms with E-state index >= 15 is 0 Å². The topological polar surface area (TPSA) is 47.4 Å². The quantitative estimate of drug-likeness (QED) is 0.820. The third-order valence-corrected chi connectivity index (χ3v) is 4.59. The molecule has 2 aromatic rings. The van der Waals surface area contributed by atoms with Crippen LogP contribution in [-0.2, 0) is 13.7 Å². The van der Waals surface area contributed by atoms with E-state index in [2.05, 4.69) is 5.10 Å². The van der Waals surface area contributed by atoms with Crippen LogP contribution in [-0.4, -0.2) is 38.6 Å². The molecule has 1 saturated heterocycles. The number of aromatic nitrogens is 3. The minimum Gasteiger partial charge on any atom is -0.387 e. The van der Waals surface area contributed by atoms with Crippen LogP contribution in [0.4, 0.5) is 4.39 Å². The average molecular weight is 323 g/mol. The summed E-state index contributed by atoms with van der Waals surface area (Å²) in [6.07, 6.45) is 1.65. The molecule has 5 nitrogen and oxygen atoms in total. The second kappa shape index (κ2) is 6.28. The highest BCUT2D eigenvalue weighted by Gasteiger charge is 2.22. The van der Waals surface area contributed by atoms with E-state index in [1.54, 1.807) is 16.8 Å². The van der Waals surface area contributed by atoms with E-state index in [4.69, 9.17) is 12.2 Å². The van der Waals surface area contributed by atoms with E-state index in [1.807, 2.05) is 11.6 Å². The van der Waals surface area contributed by atoms with Crippen molar-refractivity contribution in [2.75, 3.05) is 13.1 Å². The van der Waals surface area contributed by atoms with Gasteiger partial charge >= 0.3 is 0 Å². The lowest BCUT2D eigenvalue weighted by molar-refractivity contribution is -0.931. The van der Waals surface area contributed by atoms with Crippen LogP contribution in [0.5, 0.6) is 0 Å². The van der Waals surface area contributed by atoms with Gasteiger partial charge in [0.15, 0.2) is 12.5 Å². The first kappa shape index (κ1) is 15.3. The van der Waals surface area contributed by atoms with Crippen LogP contribution in [0.15, 0.2) is 24.3 Å². The van der Waals surface area contributed by atoms with Crippen molar-refractivity contribution < 1.29 is 14.4 Å². The van der Waals surface area contributed by atoms with Gasteiger partial charge in [-0.1, -0.05) is 0 Å². The fraction of sp³-hybridized carbons (Fsp3) is 0.467. The van der Waals surface area contributed by atoms with E-state index in [0.717, 1.165) is 37.3 Å². The molecule has 1 unspecified atom stereocenters. The number of hydrogen-bond donors (Lipinski definition) is 2. The second-order valence-electron chi connectivity index (χ2n) is 5.83. The molecule has 22 heavy (non-hydrogen) atoms. The van der Waals surface area contributed by atoms with E-state index in [0.29, 0.717) is 11.4 Å². The zero-order chi connectivity index (χ0) is 15.7. The fourth-order valence-electron chi connectivity index (χ4n) is 2.92. The van der Waals surface area contributed by atoms with E-state index in [9.17, 15) is 9.50 Å². The summed E-state index contributed by atoms with van der Waals surface area (Å²) in [4.78, 5) is 1.28. The Balaban J connectivity index is 1.86. The van der Waals surface area contributed by atoms with Crippen molar-refractivity contribution in [2.24, 2.45) is 7.05 Å². The molecular formula is C15H20FN4OS+. The van der Waals surface area contributed by atoms with Gasteiger partial charge in [0.05, 0.1) is 6.54 Å². The van der Waals surface area contributed by atoms with E-state index < -0.39 is 0 Å². The molecule has 118 valence electrons. The summed E-state index contributed by atoms with van der Waals surface area (Å²) in [7, 11) is 1.87. The van der Waals surface area contributed by atoms with Gasteiger partial charge in [0.1, 0.15) is 18.5 Å². The highest BCUT2D eigenvalue weighted by molar-refractivity contribution is 7.71. The van der Waals surface area contributed by atoms with Gasteiger partial charge in [0, 0.05) is 12.6 Å². The van der Waals surface area contributed by atoms with Crippen molar-refractivity contribution in [2.45, 2.75) is 25.6 Å². The summed E-state index contributed by atoms with van der Waals surface area (Å²) in [6, 6.07) is 6.25. The standard InChI is InChI=1S/C15H19FN4OS/c1-18-14(11-4-6-12(16)7-5-11)17-20(15(18)22)10-19-8-2-3-13(21)9-19/h4-7,13,21H,2-3,8-10H2,1H3/p+1/t13-/m0/s1. The largest absolute Gasteiger partial charge is 0.387 e. The highest BCUT2D eigenvalue weighted by Crippen LogP contribution is 2.17. The lowest BCUT2D eigenvalue weighted by Crippen LogP contribution is -3.13. The molecule has 0 aliphatic carbocycles. The Bertz CT molecular complexity index is 709. The molecule has 0 amide bonds. The van der Waals surface area contributed by atoms with Crippen molar-refractivity contribution in [3.8, 4) is 11.4 Å². The third kappa shape index (κ3) is 3.11. The Morgan fingerprint density at radius 2 is 2.14 bits per heavy atom. The van der Waals surface area contributed by atoms with Crippen LogP contribution < -0.4 is 4.90 Å². The number of likely N-dealkylation sites (tertiary alicyclic amines) is 1. The second-order valence-corrected chi connectivity index (χ2v) is 6.20. The molecule has 2 atom stereocenters. The van der Waals surface area contributed by atoms with Gasteiger partial charge in [-0.05, 0) is 49.3 Å². The number of halogens is 1. The number of aliphatic hydroxyl groups is 1. The molecule has 1 aliphatic rings. The van der Waals surface area contributed by atoms with Gasteiger partial charge < -0.3 is 14.6 Å². The number of benzene rings is 1. The first-order chi connectivity index (χ1) is 10.5. The number of piperidine rings is 1. The van der Waals surface area contributed by atoms with E-state index in [1.165, 1.54) is 17.0 Å². The Labute approximate surface area is 133 Å². The summed E-state index contributed by atoms with van der Waals surface area (Å²) in [5.74, 6) is 0.457. The molecule has 1 aromatic carbocycles. The summed E-state index contributed by atoms with van der Waals surface area (Å²) >= 11 is 5.45. The van der Waals surface area contributed by atoms with Gasteiger partial charge in [-0.2, -0.15) is 4.68 Å². The molecular weight excluding hydrogens is 303 g/mol. The van der Waals surface area contributed by atoms with Crippen LogP contribution in [0.25, 0.3) is 11.4 Å². The average Bonchev–Trinajstić information content (AvgIpc) is 2.77. The summed E-state index contributed by atoms with van der Waals surface area (Å²) in [6.45, 7) is 2.39. The third-order valence-electron chi connectivity index (χ3n) is 4.11. The van der Waals surface area contributed by atoms with Crippen molar-refractivity contribution in [3.05, 3.63) is 34.9 Å². The predicted molar refractivity (Wildman–Crippen MR) is 83.4 cm³/mol. The summed E-state index contributed by atoms with van der Waals surface area (Å²) in [5, 5.41) is 14.4. The smallest absolute Gasteiger partial charge is 0.202 e. The first-order valence-electron chi connectivity index (χ1n) is 7.46.